The summed E-state index contributed by atoms with van der Waals surface area (Å²) in [7, 11) is 0. The third-order valence-electron chi connectivity index (χ3n) is 5.13. The predicted octanol–water partition coefficient (Wildman–Crippen LogP) is 3.87. The highest BCUT2D eigenvalue weighted by Gasteiger charge is 2.31. The minimum atomic E-state index is -0.826. The average Bonchev–Trinajstić information content (AvgIpc) is 3.19. The minimum Gasteiger partial charge on any atom is -0.481 e. The van der Waals surface area contributed by atoms with E-state index in [0.29, 0.717) is 13.0 Å². The minimum absolute atomic E-state index is 0.0775. The lowest BCUT2D eigenvalue weighted by atomic mass is 9.99. The topological polar surface area (TPSA) is 69.6 Å². The molecule has 0 radical (unpaired) electrons. The summed E-state index contributed by atoms with van der Waals surface area (Å²) in [4.78, 5) is 25.4. The first-order chi connectivity index (χ1) is 13.1. The molecule has 3 rings (SSSR count). The van der Waals surface area contributed by atoms with Gasteiger partial charge in [0.15, 0.2) is 0 Å². The first-order valence-corrected chi connectivity index (χ1v) is 9.50. The van der Waals surface area contributed by atoms with E-state index in [2.05, 4.69) is 17.4 Å². The molecule has 1 saturated heterocycles. The number of urea groups is 1. The number of aryl methyl sites for hydroxylation is 1. The van der Waals surface area contributed by atoms with Crippen LogP contribution in [0.2, 0.25) is 0 Å². The van der Waals surface area contributed by atoms with Crippen LogP contribution in [0.5, 0.6) is 0 Å². The fraction of sp³-hybridized carbons (Fsp3) is 0.364. The van der Waals surface area contributed by atoms with Crippen LogP contribution in [-0.2, 0) is 11.2 Å². The van der Waals surface area contributed by atoms with Gasteiger partial charge in [-0.25, -0.2) is 4.79 Å². The zero-order valence-electron chi connectivity index (χ0n) is 15.4. The van der Waals surface area contributed by atoms with Crippen LogP contribution >= 0.6 is 0 Å². The highest BCUT2D eigenvalue weighted by molar-refractivity contribution is 5.77. The molecule has 27 heavy (non-hydrogen) atoms. The maximum atomic E-state index is 12.7. The van der Waals surface area contributed by atoms with Crippen molar-refractivity contribution in [3.8, 4) is 0 Å². The summed E-state index contributed by atoms with van der Waals surface area (Å²) in [5.41, 5.74) is 2.37. The van der Waals surface area contributed by atoms with Gasteiger partial charge in [-0.05, 0) is 36.8 Å². The fourth-order valence-corrected chi connectivity index (χ4v) is 3.55. The molecule has 2 unspecified atom stereocenters. The van der Waals surface area contributed by atoms with E-state index < -0.39 is 11.9 Å². The molecule has 2 atom stereocenters. The molecule has 1 heterocycles. The Kier molecular flexibility index (Phi) is 6.47. The van der Waals surface area contributed by atoms with E-state index in [4.69, 9.17) is 5.11 Å². The van der Waals surface area contributed by atoms with Crippen LogP contribution in [0.3, 0.4) is 0 Å². The molecular weight excluding hydrogens is 340 g/mol. The second-order valence-electron chi connectivity index (χ2n) is 7.06. The zero-order valence-corrected chi connectivity index (χ0v) is 15.4. The van der Waals surface area contributed by atoms with E-state index in [1.165, 1.54) is 5.56 Å². The monoisotopic (exact) mass is 366 g/mol. The Morgan fingerprint density at radius 1 is 1.07 bits per heavy atom. The quantitative estimate of drug-likeness (QED) is 0.782. The number of benzene rings is 2. The lowest BCUT2D eigenvalue weighted by molar-refractivity contribution is -0.141. The van der Waals surface area contributed by atoms with Crippen LogP contribution in [0.4, 0.5) is 4.79 Å². The van der Waals surface area contributed by atoms with Crippen LogP contribution < -0.4 is 5.32 Å². The number of nitrogens with zero attached hydrogens (tertiary/aromatic N) is 1. The normalized spacial score (nSPS) is 17.5. The standard InChI is InChI=1S/C22H26N2O3/c25-21(26)19-14-15-24(16-19)22(27)23-20(18-11-5-2-6-12-18)13-7-10-17-8-3-1-4-9-17/h1-6,8-9,11-12,19-20H,7,10,13-16H2,(H,23,27)(H,25,26). The summed E-state index contributed by atoms with van der Waals surface area (Å²) in [5.74, 6) is -1.28. The van der Waals surface area contributed by atoms with Gasteiger partial charge in [0.1, 0.15) is 0 Å². The number of aliphatic carboxylic acids is 1. The van der Waals surface area contributed by atoms with Crippen LogP contribution in [-0.4, -0.2) is 35.1 Å². The summed E-state index contributed by atoms with van der Waals surface area (Å²) >= 11 is 0. The Bertz CT molecular complexity index is 749. The van der Waals surface area contributed by atoms with Crippen LogP contribution in [0.25, 0.3) is 0 Å². The van der Waals surface area contributed by atoms with Gasteiger partial charge in [0, 0.05) is 13.1 Å². The van der Waals surface area contributed by atoms with Crippen molar-refractivity contribution in [3.05, 3.63) is 71.8 Å². The maximum Gasteiger partial charge on any atom is 0.317 e. The number of carboxylic acid groups (broad SMARTS) is 1. The van der Waals surface area contributed by atoms with Crippen molar-refractivity contribution in [2.24, 2.45) is 5.92 Å². The molecule has 2 amide bonds. The second-order valence-corrected chi connectivity index (χ2v) is 7.06. The van der Waals surface area contributed by atoms with Gasteiger partial charge in [-0.2, -0.15) is 0 Å². The van der Waals surface area contributed by atoms with Crippen molar-refractivity contribution >= 4 is 12.0 Å². The molecule has 0 spiro atoms. The second kappa shape index (κ2) is 9.21. The van der Waals surface area contributed by atoms with Crippen LogP contribution in [0, 0.1) is 5.92 Å². The molecule has 0 aliphatic carbocycles. The molecule has 2 aromatic carbocycles. The molecule has 1 aliphatic heterocycles. The van der Waals surface area contributed by atoms with E-state index in [-0.39, 0.29) is 18.6 Å². The van der Waals surface area contributed by atoms with Gasteiger partial charge in [0.25, 0.3) is 0 Å². The highest BCUT2D eigenvalue weighted by Crippen LogP contribution is 2.22. The van der Waals surface area contributed by atoms with Crippen molar-refractivity contribution in [2.45, 2.75) is 31.7 Å². The third kappa shape index (κ3) is 5.33. The predicted molar refractivity (Wildman–Crippen MR) is 104 cm³/mol. The molecule has 0 bridgehead atoms. The molecular formula is C22H26N2O3. The Morgan fingerprint density at radius 2 is 1.74 bits per heavy atom. The number of hydrogen-bond acceptors (Lipinski definition) is 2. The lowest BCUT2D eigenvalue weighted by Gasteiger charge is -2.24. The number of carbonyl (C=O) groups excluding carboxylic acids is 1. The molecule has 142 valence electrons. The van der Waals surface area contributed by atoms with Gasteiger partial charge in [-0.1, -0.05) is 60.7 Å². The summed E-state index contributed by atoms with van der Waals surface area (Å²) in [6.45, 7) is 0.779. The zero-order chi connectivity index (χ0) is 19.1. The maximum absolute atomic E-state index is 12.7. The SMILES string of the molecule is O=C(O)C1CCN(C(=O)NC(CCCc2ccccc2)c2ccccc2)C1. The van der Waals surface area contributed by atoms with E-state index in [1.54, 1.807) is 4.90 Å². The molecule has 5 heteroatoms. The molecule has 1 fully saturated rings. The first kappa shape index (κ1) is 19.0. The number of carboxylic acids is 1. The summed E-state index contributed by atoms with van der Waals surface area (Å²) < 4.78 is 0. The average molecular weight is 366 g/mol. The van der Waals surface area contributed by atoms with Crippen molar-refractivity contribution in [2.75, 3.05) is 13.1 Å². The van der Waals surface area contributed by atoms with Gasteiger partial charge in [0.2, 0.25) is 0 Å². The van der Waals surface area contributed by atoms with Crippen LogP contribution in [0.1, 0.15) is 36.4 Å². The molecule has 0 aromatic heterocycles. The van der Waals surface area contributed by atoms with Gasteiger partial charge < -0.3 is 15.3 Å². The van der Waals surface area contributed by atoms with Gasteiger partial charge in [-0.3, -0.25) is 4.79 Å². The van der Waals surface area contributed by atoms with Crippen LogP contribution in [0.15, 0.2) is 60.7 Å². The summed E-state index contributed by atoms with van der Waals surface area (Å²) in [5, 5.41) is 12.3. The third-order valence-corrected chi connectivity index (χ3v) is 5.13. The first-order valence-electron chi connectivity index (χ1n) is 9.50. The van der Waals surface area contributed by atoms with Crippen molar-refractivity contribution < 1.29 is 14.7 Å². The van der Waals surface area contributed by atoms with E-state index in [1.807, 2.05) is 48.5 Å². The van der Waals surface area contributed by atoms with Gasteiger partial charge in [-0.15, -0.1) is 0 Å². The summed E-state index contributed by atoms with van der Waals surface area (Å²) in [6, 6.07) is 20.0. The van der Waals surface area contributed by atoms with Gasteiger partial charge >= 0.3 is 12.0 Å². The number of amides is 2. The van der Waals surface area contributed by atoms with E-state index >= 15 is 0 Å². The Morgan fingerprint density at radius 3 is 2.37 bits per heavy atom. The van der Waals surface area contributed by atoms with Gasteiger partial charge in [0.05, 0.1) is 12.0 Å². The molecule has 2 N–H and O–H groups in total. The highest BCUT2D eigenvalue weighted by atomic mass is 16.4. The lowest BCUT2D eigenvalue weighted by Crippen LogP contribution is -2.40. The Labute approximate surface area is 160 Å². The Balaban J connectivity index is 1.60. The number of rotatable bonds is 7. The molecule has 2 aromatic rings. The van der Waals surface area contributed by atoms with E-state index in [0.717, 1.165) is 24.8 Å². The van der Waals surface area contributed by atoms with E-state index in [9.17, 15) is 9.59 Å². The summed E-state index contributed by atoms with van der Waals surface area (Å²) in [6.07, 6.45) is 3.28. The molecule has 1 aliphatic rings. The smallest absolute Gasteiger partial charge is 0.317 e. The number of likely N-dealkylation sites (tertiary alicyclic amines) is 1. The van der Waals surface area contributed by atoms with Crippen molar-refractivity contribution in [1.82, 2.24) is 10.2 Å². The fourth-order valence-electron chi connectivity index (χ4n) is 3.55. The van der Waals surface area contributed by atoms with Crippen molar-refractivity contribution in [1.29, 1.82) is 0 Å². The molecule has 0 saturated carbocycles. The number of carbonyl (C=O) groups is 2. The largest absolute Gasteiger partial charge is 0.481 e. The number of nitrogens with one attached hydrogen (secondary N) is 1. The Hall–Kier alpha value is -2.82. The molecule has 5 nitrogen and oxygen atoms in total. The van der Waals surface area contributed by atoms with Crippen molar-refractivity contribution in [3.63, 3.8) is 0 Å². The number of hydrogen-bond donors (Lipinski definition) is 2.